The van der Waals surface area contributed by atoms with Gasteiger partial charge in [-0.2, -0.15) is 0 Å². The molecule has 168 valence electrons. The zero-order valence-corrected chi connectivity index (χ0v) is 19.1. The van der Waals surface area contributed by atoms with Gasteiger partial charge in [0.25, 0.3) is 0 Å². The Bertz CT molecular complexity index is 921. The summed E-state index contributed by atoms with van der Waals surface area (Å²) < 4.78 is 12.4. The molecule has 0 fully saturated rings. The monoisotopic (exact) mass is 448 g/mol. The van der Waals surface area contributed by atoms with E-state index in [1.807, 2.05) is 19.9 Å². The number of nitrogens with one attached hydrogen (secondary N) is 1. The van der Waals surface area contributed by atoms with Gasteiger partial charge in [-0.3, -0.25) is 14.4 Å². The van der Waals surface area contributed by atoms with E-state index in [4.69, 9.17) is 21.1 Å². The number of methoxy groups -OCH3 is 1. The number of rotatable bonds is 11. The van der Waals surface area contributed by atoms with Crippen molar-refractivity contribution in [3.05, 3.63) is 57.9 Å². The van der Waals surface area contributed by atoms with Crippen LogP contribution < -0.4 is 5.32 Å². The molecule has 1 amide bonds. The summed E-state index contributed by atoms with van der Waals surface area (Å²) in [5.41, 5.74) is 3.07. The van der Waals surface area contributed by atoms with Gasteiger partial charge in [0, 0.05) is 49.2 Å². The number of hydrogen-bond acceptors (Lipinski definition) is 5. The average molecular weight is 449 g/mol. The number of benzene rings is 1. The first kappa shape index (κ1) is 24.6. The van der Waals surface area contributed by atoms with Gasteiger partial charge in [0.05, 0.1) is 12.5 Å². The van der Waals surface area contributed by atoms with Gasteiger partial charge >= 0.3 is 5.97 Å². The maximum atomic E-state index is 12.6. The maximum Gasteiger partial charge on any atom is 0.308 e. The van der Waals surface area contributed by atoms with Gasteiger partial charge in [0.1, 0.15) is 0 Å². The number of nitrogens with zero attached hydrogens (tertiary/aromatic N) is 1. The summed E-state index contributed by atoms with van der Waals surface area (Å²) in [5.74, 6) is -1.11. The SMILES string of the molecule is COCCCn1c(C)cc(C(=O)COC(=O)CC(NC(C)=O)c2ccc(Cl)cc2)c1C. The van der Waals surface area contributed by atoms with Gasteiger partial charge in [-0.25, -0.2) is 0 Å². The van der Waals surface area contributed by atoms with Gasteiger partial charge < -0.3 is 19.4 Å². The summed E-state index contributed by atoms with van der Waals surface area (Å²) in [7, 11) is 1.65. The molecule has 0 spiro atoms. The molecule has 31 heavy (non-hydrogen) atoms. The lowest BCUT2D eigenvalue weighted by atomic mass is 10.0. The fourth-order valence-corrected chi connectivity index (χ4v) is 3.56. The number of carbonyl (C=O) groups is 3. The smallest absolute Gasteiger partial charge is 0.308 e. The lowest BCUT2D eigenvalue weighted by Gasteiger charge is -2.17. The molecule has 1 aromatic heterocycles. The van der Waals surface area contributed by atoms with Crippen molar-refractivity contribution < 1.29 is 23.9 Å². The van der Waals surface area contributed by atoms with E-state index in [2.05, 4.69) is 9.88 Å². The lowest BCUT2D eigenvalue weighted by Crippen LogP contribution is -2.29. The number of halogens is 1. The summed E-state index contributed by atoms with van der Waals surface area (Å²) in [6.07, 6.45) is 0.745. The number of hydrogen-bond donors (Lipinski definition) is 1. The molecule has 1 N–H and O–H groups in total. The second-order valence-electron chi connectivity index (χ2n) is 7.38. The molecule has 0 saturated carbocycles. The zero-order valence-electron chi connectivity index (χ0n) is 18.4. The fraction of sp³-hybridized carbons (Fsp3) is 0.435. The van der Waals surface area contributed by atoms with Crippen molar-refractivity contribution in [2.75, 3.05) is 20.3 Å². The van der Waals surface area contributed by atoms with Crippen molar-refractivity contribution in [3.8, 4) is 0 Å². The second-order valence-corrected chi connectivity index (χ2v) is 7.81. The Labute approximate surface area is 187 Å². The molecule has 1 aromatic carbocycles. The van der Waals surface area contributed by atoms with E-state index < -0.39 is 12.0 Å². The highest BCUT2D eigenvalue weighted by Gasteiger charge is 2.21. The highest BCUT2D eigenvalue weighted by Crippen LogP contribution is 2.21. The first-order valence-corrected chi connectivity index (χ1v) is 10.5. The van der Waals surface area contributed by atoms with E-state index >= 15 is 0 Å². The highest BCUT2D eigenvalue weighted by molar-refractivity contribution is 6.30. The first-order valence-electron chi connectivity index (χ1n) is 10.1. The summed E-state index contributed by atoms with van der Waals surface area (Å²) in [6.45, 7) is 6.23. The number of aromatic nitrogens is 1. The van der Waals surface area contributed by atoms with Crippen LogP contribution in [0.2, 0.25) is 5.02 Å². The van der Waals surface area contributed by atoms with Crippen LogP contribution in [0, 0.1) is 13.8 Å². The maximum absolute atomic E-state index is 12.6. The van der Waals surface area contributed by atoms with E-state index in [1.165, 1.54) is 6.92 Å². The fourth-order valence-electron chi connectivity index (χ4n) is 3.44. The van der Waals surface area contributed by atoms with Crippen molar-refractivity contribution in [3.63, 3.8) is 0 Å². The summed E-state index contributed by atoms with van der Waals surface area (Å²) in [6, 6.07) is 8.08. The average Bonchev–Trinajstić information content (AvgIpc) is 3.00. The van der Waals surface area contributed by atoms with Crippen LogP contribution in [-0.4, -0.2) is 42.6 Å². The third-order valence-electron chi connectivity index (χ3n) is 4.99. The minimum atomic E-state index is -0.573. The van der Waals surface area contributed by atoms with Gasteiger partial charge in [0.2, 0.25) is 11.7 Å². The molecule has 1 atom stereocenters. The Morgan fingerprint density at radius 2 is 1.84 bits per heavy atom. The normalized spacial score (nSPS) is 11.8. The largest absolute Gasteiger partial charge is 0.457 e. The van der Waals surface area contributed by atoms with Crippen LogP contribution in [0.3, 0.4) is 0 Å². The van der Waals surface area contributed by atoms with Gasteiger partial charge in [-0.1, -0.05) is 23.7 Å². The van der Waals surface area contributed by atoms with E-state index in [0.29, 0.717) is 17.2 Å². The van der Waals surface area contributed by atoms with Gasteiger partial charge in [-0.15, -0.1) is 0 Å². The van der Waals surface area contributed by atoms with E-state index in [9.17, 15) is 14.4 Å². The van der Waals surface area contributed by atoms with Crippen molar-refractivity contribution in [1.82, 2.24) is 9.88 Å². The molecule has 8 heteroatoms. The summed E-state index contributed by atoms with van der Waals surface area (Å²) in [5, 5.41) is 3.28. The number of aryl methyl sites for hydroxylation is 1. The zero-order chi connectivity index (χ0) is 23.0. The van der Waals surface area contributed by atoms with Crippen molar-refractivity contribution >= 4 is 29.3 Å². The standard InChI is InChI=1S/C23H29ClN2O5/c1-15-12-20(16(2)26(15)10-5-11-30-4)22(28)14-31-23(29)13-21(25-17(3)27)18-6-8-19(24)9-7-18/h6-9,12,21H,5,10-11,13-14H2,1-4H3,(H,25,27). The third-order valence-corrected chi connectivity index (χ3v) is 5.24. The molecular formula is C23H29ClN2O5. The third kappa shape index (κ3) is 7.22. The van der Waals surface area contributed by atoms with Crippen molar-refractivity contribution in [2.45, 2.75) is 46.2 Å². The Balaban J connectivity index is 1.99. The molecule has 0 bridgehead atoms. The molecular weight excluding hydrogens is 420 g/mol. The molecule has 7 nitrogen and oxygen atoms in total. The molecule has 0 aliphatic carbocycles. The Morgan fingerprint density at radius 1 is 1.16 bits per heavy atom. The summed E-state index contributed by atoms with van der Waals surface area (Å²) >= 11 is 5.91. The Hall–Kier alpha value is -2.64. The summed E-state index contributed by atoms with van der Waals surface area (Å²) in [4.78, 5) is 36.5. The number of esters is 1. The Morgan fingerprint density at radius 3 is 2.45 bits per heavy atom. The van der Waals surface area contributed by atoms with Crippen LogP contribution in [0.25, 0.3) is 0 Å². The number of Topliss-reactive ketones (excluding diaryl/α,β-unsaturated/α-hetero) is 1. The minimum Gasteiger partial charge on any atom is -0.457 e. The lowest BCUT2D eigenvalue weighted by molar-refractivity contribution is -0.143. The van der Waals surface area contributed by atoms with Gasteiger partial charge in [-0.05, 0) is 44.0 Å². The van der Waals surface area contributed by atoms with E-state index in [1.54, 1.807) is 31.4 Å². The molecule has 0 saturated heterocycles. The molecule has 1 unspecified atom stereocenters. The molecule has 0 aliphatic heterocycles. The van der Waals surface area contributed by atoms with Crippen molar-refractivity contribution in [1.29, 1.82) is 0 Å². The highest BCUT2D eigenvalue weighted by atomic mass is 35.5. The predicted octanol–water partition coefficient (Wildman–Crippen LogP) is 3.79. The first-order chi connectivity index (χ1) is 14.7. The van der Waals surface area contributed by atoms with Crippen LogP contribution >= 0.6 is 11.6 Å². The quantitative estimate of drug-likeness (QED) is 0.321. The molecule has 0 aliphatic rings. The number of amides is 1. The van der Waals surface area contributed by atoms with E-state index in [0.717, 1.165) is 29.9 Å². The van der Waals surface area contributed by atoms with Crippen LogP contribution in [0.1, 0.15) is 53.1 Å². The molecule has 2 rings (SSSR count). The van der Waals surface area contributed by atoms with Crippen LogP contribution in [0.4, 0.5) is 0 Å². The minimum absolute atomic E-state index is 0.0927. The van der Waals surface area contributed by atoms with Crippen LogP contribution in [0.5, 0.6) is 0 Å². The van der Waals surface area contributed by atoms with Gasteiger partial charge in [0.15, 0.2) is 6.61 Å². The van der Waals surface area contributed by atoms with Crippen LogP contribution in [0.15, 0.2) is 30.3 Å². The topological polar surface area (TPSA) is 86.6 Å². The number of carbonyl (C=O) groups excluding carboxylic acids is 3. The second kappa shape index (κ2) is 11.7. The molecule has 2 aromatic rings. The van der Waals surface area contributed by atoms with E-state index in [-0.39, 0.29) is 24.7 Å². The Kier molecular flexibility index (Phi) is 9.27. The predicted molar refractivity (Wildman–Crippen MR) is 118 cm³/mol. The molecule has 1 heterocycles. The number of ketones is 1. The molecule has 0 radical (unpaired) electrons. The van der Waals surface area contributed by atoms with Crippen LogP contribution in [-0.2, 0) is 25.6 Å². The van der Waals surface area contributed by atoms with Crippen molar-refractivity contribution in [2.24, 2.45) is 0 Å². The number of ether oxygens (including phenoxy) is 2.